The lowest BCUT2D eigenvalue weighted by Gasteiger charge is -2.20. The molecule has 0 saturated heterocycles. The van der Waals surface area contributed by atoms with Gasteiger partial charge in [-0.25, -0.2) is 4.79 Å². The van der Waals surface area contributed by atoms with Crippen molar-refractivity contribution < 1.29 is 28.6 Å². The predicted molar refractivity (Wildman–Crippen MR) is 103 cm³/mol. The lowest BCUT2D eigenvalue weighted by Crippen LogP contribution is -2.36. The molecule has 2 aromatic carbocycles. The van der Waals surface area contributed by atoms with Gasteiger partial charge in [-0.05, 0) is 29.7 Å². The summed E-state index contributed by atoms with van der Waals surface area (Å²) < 4.78 is 14.6. The highest BCUT2D eigenvalue weighted by atomic mass is 16.6. The zero-order valence-corrected chi connectivity index (χ0v) is 15.9. The van der Waals surface area contributed by atoms with Gasteiger partial charge in [0.15, 0.2) is 0 Å². The Hall–Kier alpha value is -3.35. The summed E-state index contributed by atoms with van der Waals surface area (Å²) in [7, 11) is 2.59. The van der Waals surface area contributed by atoms with Crippen LogP contribution in [0.2, 0.25) is 0 Å². The highest BCUT2D eigenvalue weighted by molar-refractivity contribution is 5.93. The molecule has 0 aliphatic rings. The van der Waals surface area contributed by atoms with E-state index in [0.717, 1.165) is 11.1 Å². The number of aryl methyl sites for hydroxylation is 1. The van der Waals surface area contributed by atoms with E-state index in [-0.39, 0.29) is 25.5 Å². The van der Waals surface area contributed by atoms with Gasteiger partial charge in [-0.2, -0.15) is 0 Å². The lowest BCUT2D eigenvalue weighted by molar-refractivity contribution is -0.143. The number of methoxy groups -OCH3 is 2. The van der Waals surface area contributed by atoms with E-state index in [1.165, 1.54) is 19.1 Å². The van der Waals surface area contributed by atoms with Crippen molar-refractivity contribution in [2.75, 3.05) is 25.7 Å². The van der Waals surface area contributed by atoms with Crippen LogP contribution >= 0.6 is 0 Å². The van der Waals surface area contributed by atoms with Crippen LogP contribution in [-0.4, -0.2) is 38.8 Å². The molecule has 1 amide bonds. The third kappa shape index (κ3) is 6.42. The average molecular weight is 385 g/mol. The third-order valence-electron chi connectivity index (χ3n) is 4.02. The van der Waals surface area contributed by atoms with Crippen molar-refractivity contribution in [2.24, 2.45) is 0 Å². The van der Waals surface area contributed by atoms with Crippen LogP contribution in [0.3, 0.4) is 0 Å². The van der Waals surface area contributed by atoms with Crippen molar-refractivity contribution in [3.8, 4) is 0 Å². The summed E-state index contributed by atoms with van der Waals surface area (Å²) in [6, 6.07) is 16.2. The van der Waals surface area contributed by atoms with Crippen molar-refractivity contribution in [3.63, 3.8) is 0 Å². The molecule has 0 unspecified atom stereocenters. The highest BCUT2D eigenvalue weighted by Gasteiger charge is 2.20. The first kappa shape index (κ1) is 21.0. The molecule has 2 aromatic rings. The minimum atomic E-state index is -0.668. The number of amides is 1. The normalized spacial score (nSPS) is 10.1. The van der Waals surface area contributed by atoms with E-state index in [0.29, 0.717) is 12.1 Å². The zero-order chi connectivity index (χ0) is 20.4. The van der Waals surface area contributed by atoms with Crippen LogP contribution in [0.4, 0.5) is 10.5 Å². The number of rotatable bonds is 8. The van der Waals surface area contributed by atoms with Gasteiger partial charge in [-0.15, -0.1) is 0 Å². The van der Waals surface area contributed by atoms with Gasteiger partial charge in [0, 0.05) is 12.1 Å². The Morgan fingerprint density at radius 1 is 0.821 bits per heavy atom. The quantitative estimate of drug-likeness (QED) is 0.513. The molecule has 7 heteroatoms. The van der Waals surface area contributed by atoms with Gasteiger partial charge in [0.05, 0.1) is 14.2 Å². The predicted octanol–water partition coefficient (Wildman–Crippen LogP) is 3.11. The second-order valence-corrected chi connectivity index (χ2v) is 5.95. The van der Waals surface area contributed by atoms with Crippen molar-refractivity contribution in [1.82, 2.24) is 0 Å². The first-order chi connectivity index (χ1) is 13.5. The molecule has 2 rings (SSSR count). The van der Waals surface area contributed by atoms with Crippen molar-refractivity contribution in [1.29, 1.82) is 0 Å². The fraction of sp³-hybridized carbons (Fsp3) is 0.286. The number of ether oxygens (including phenoxy) is 3. The summed E-state index contributed by atoms with van der Waals surface area (Å²) in [5, 5.41) is 0. The SMILES string of the molecule is COC(=O)CCc1ccc(N(CC(=O)OCc2ccccc2)C(=O)OC)cc1. The number of carbonyl (C=O) groups is 3. The van der Waals surface area contributed by atoms with Crippen LogP contribution < -0.4 is 4.90 Å². The van der Waals surface area contributed by atoms with Gasteiger partial charge in [0.1, 0.15) is 13.2 Å². The number of hydrogen-bond donors (Lipinski definition) is 0. The van der Waals surface area contributed by atoms with Gasteiger partial charge >= 0.3 is 18.0 Å². The fourth-order valence-corrected chi connectivity index (χ4v) is 2.48. The van der Waals surface area contributed by atoms with Crippen LogP contribution in [0.5, 0.6) is 0 Å². The Kier molecular flexibility index (Phi) is 8.02. The summed E-state index contributed by atoms with van der Waals surface area (Å²) in [5.41, 5.74) is 2.26. The molecule has 28 heavy (non-hydrogen) atoms. The minimum absolute atomic E-state index is 0.126. The Labute approximate surface area is 163 Å². The molecule has 0 aliphatic carbocycles. The van der Waals surface area contributed by atoms with Gasteiger partial charge in [0.25, 0.3) is 0 Å². The Bertz CT molecular complexity index is 788. The first-order valence-electron chi connectivity index (χ1n) is 8.74. The number of benzene rings is 2. The molecule has 0 aliphatic heterocycles. The molecule has 0 saturated carbocycles. The first-order valence-corrected chi connectivity index (χ1v) is 8.74. The Balaban J connectivity index is 1.99. The number of nitrogens with zero attached hydrogens (tertiary/aromatic N) is 1. The molecule has 7 nitrogen and oxygen atoms in total. The fourth-order valence-electron chi connectivity index (χ4n) is 2.48. The van der Waals surface area contributed by atoms with E-state index in [2.05, 4.69) is 4.74 Å². The maximum Gasteiger partial charge on any atom is 0.414 e. The molecule has 0 aromatic heterocycles. The van der Waals surface area contributed by atoms with Gasteiger partial charge in [-0.3, -0.25) is 14.5 Å². The largest absolute Gasteiger partial charge is 0.469 e. The number of carbonyl (C=O) groups excluding carboxylic acids is 3. The topological polar surface area (TPSA) is 82.1 Å². The van der Waals surface area contributed by atoms with E-state index in [1.807, 2.05) is 30.3 Å². The van der Waals surface area contributed by atoms with Crippen LogP contribution in [0.25, 0.3) is 0 Å². The molecule has 0 radical (unpaired) electrons. The highest BCUT2D eigenvalue weighted by Crippen LogP contribution is 2.18. The van der Waals surface area contributed by atoms with Crippen molar-refractivity contribution >= 4 is 23.7 Å². The van der Waals surface area contributed by atoms with Gasteiger partial charge in [0.2, 0.25) is 0 Å². The molecule has 0 bridgehead atoms. The molecular formula is C21H23NO6. The maximum absolute atomic E-state index is 12.2. The smallest absolute Gasteiger partial charge is 0.414 e. The standard InChI is InChI=1S/C21H23NO6/c1-26-19(23)13-10-16-8-11-18(12-9-16)22(21(25)27-2)14-20(24)28-15-17-6-4-3-5-7-17/h3-9,11-12H,10,13-15H2,1-2H3. The van der Waals surface area contributed by atoms with E-state index < -0.39 is 12.1 Å². The van der Waals surface area contributed by atoms with Crippen LogP contribution in [0.1, 0.15) is 17.5 Å². The summed E-state index contributed by atoms with van der Waals surface area (Å²) in [5.74, 6) is -0.842. The van der Waals surface area contributed by atoms with E-state index >= 15 is 0 Å². The monoisotopic (exact) mass is 385 g/mol. The molecule has 0 atom stereocenters. The molecule has 0 N–H and O–H groups in total. The van der Waals surface area contributed by atoms with E-state index in [4.69, 9.17) is 9.47 Å². The third-order valence-corrected chi connectivity index (χ3v) is 4.02. The van der Waals surface area contributed by atoms with Crippen molar-refractivity contribution in [2.45, 2.75) is 19.4 Å². The summed E-state index contributed by atoms with van der Waals surface area (Å²) in [4.78, 5) is 36.7. The van der Waals surface area contributed by atoms with Crippen LogP contribution in [-0.2, 0) is 36.8 Å². The molecule has 0 fully saturated rings. The van der Waals surface area contributed by atoms with Crippen molar-refractivity contribution in [3.05, 3.63) is 65.7 Å². The zero-order valence-electron chi connectivity index (χ0n) is 15.9. The van der Waals surface area contributed by atoms with Crippen LogP contribution in [0, 0.1) is 0 Å². The number of esters is 2. The molecule has 148 valence electrons. The molecular weight excluding hydrogens is 362 g/mol. The molecule has 0 heterocycles. The molecule has 0 spiro atoms. The summed E-state index contributed by atoms with van der Waals surface area (Å²) in [6.07, 6.45) is 0.117. The van der Waals surface area contributed by atoms with E-state index in [1.54, 1.807) is 24.3 Å². The number of anilines is 1. The summed E-state index contributed by atoms with van der Waals surface area (Å²) in [6.45, 7) is -0.151. The maximum atomic E-state index is 12.2. The minimum Gasteiger partial charge on any atom is -0.469 e. The van der Waals surface area contributed by atoms with Crippen LogP contribution in [0.15, 0.2) is 54.6 Å². The second-order valence-electron chi connectivity index (χ2n) is 5.95. The van der Waals surface area contributed by atoms with Gasteiger partial charge in [-0.1, -0.05) is 42.5 Å². The second kappa shape index (κ2) is 10.7. The Morgan fingerprint density at radius 3 is 2.11 bits per heavy atom. The number of hydrogen-bond acceptors (Lipinski definition) is 6. The average Bonchev–Trinajstić information content (AvgIpc) is 2.75. The lowest BCUT2D eigenvalue weighted by atomic mass is 10.1. The Morgan fingerprint density at radius 2 is 1.50 bits per heavy atom. The van der Waals surface area contributed by atoms with Gasteiger partial charge < -0.3 is 14.2 Å². The van der Waals surface area contributed by atoms with E-state index in [9.17, 15) is 14.4 Å². The summed E-state index contributed by atoms with van der Waals surface area (Å²) >= 11 is 0.